The summed E-state index contributed by atoms with van der Waals surface area (Å²) >= 11 is 1.35. The fraction of sp³-hybridized carbons (Fsp3) is 0.238. The molecule has 7 heteroatoms. The Balaban J connectivity index is 1.98. The van der Waals surface area contributed by atoms with Crippen molar-refractivity contribution in [2.75, 3.05) is 27.9 Å². The van der Waals surface area contributed by atoms with E-state index < -0.39 is 0 Å². The molecular weight excluding hydrogens is 376 g/mol. The monoisotopic (exact) mass is 398 g/mol. The number of benzene rings is 2. The molecule has 0 saturated carbocycles. The normalized spacial score (nSPS) is 16.7. The summed E-state index contributed by atoms with van der Waals surface area (Å²) in [7, 11) is 4.68. The predicted molar refractivity (Wildman–Crippen MR) is 113 cm³/mol. The van der Waals surface area contributed by atoms with E-state index in [1.165, 1.54) is 11.8 Å². The summed E-state index contributed by atoms with van der Waals surface area (Å²) in [6.07, 6.45) is 1.81. The first-order valence-corrected chi connectivity index (χ1v) is 9.58. The van der Waals surface area contributed by atoms with Crippen LogP contribution in [-0.4, -0.2) is 43.8 Å². The van der Waals surface area contributed by atoms with E-state index in [1.807, 2.05) is 55.5 Å². The molecule has 0 unspecified atom stereocenters. The van der Waals surface area contributed by atoms with Crippen molar-refractivity contribution in [3.05, 3.63) is 52.9 Å². The highest BCUT2D eigenvalue weighted by Gasteiger charge is 2.32. The number of methoxy groups -OCH3 is 3. The number of likely N-dealkylation sites (N-methyl/N-ethyl adjacent to an activating group) is 1. The fourth-order valence-electron chi connectivity index (χ4n) is 2.82. The van der Waals surface area contributed by atoms with Crippen LogP contribution in [0.3, 0.4) is 0 Å². The van der Waals surface area contributed by atoms with Crippen LogP contribution in [0.1, 0.15) is 12.5 Å². The molecule has 6 nitrogen and oxygen atoms in total. The largest absolute Gasteiger partial charge is 0.493 e. The van der Waals surface area contributed by atoms with Gasteiger partial charge in [0.15, 0.2) is 16.7 Å². The highest BCUT2D eigenvalue weighted by Crippen LogP contribution is 2.40. The first kappa shape index (κ1) is 19.8. The van der Waals surface area contributed by atoms with Gasteiger partial charge in [-0.05, 0) is 54.6 Å². The van der Waals surface area contributed by atoms with Crippen molar-refractivity contribution < 1.29 is 19.0 Å². The molecule has 1 heterocycles. The van der Waals surface area contributed by atoms with Gasteiger partial charge in [-0.2, -0.15) is 0 Å². The van der Waals surface area contributed by atoms with Gasteiger partial charge in [-0.25, -0.2) is 4.99 Å². The Morgan fingerprint density at radius 3 is 2.21 bits per heavy atom. The fourth-order valence-corrected chi connectivity index (χ4v) is 3.88. The minimum atomic E-state index is -0.0732. The molecule has 0 bridgehead atoms. The minimum absolute atomic E-state index is 0.0732. The number of nitrogens with zero attached hydrogens (tertiary/aromatic N) is 2. The van der Waals surface area contributed by atoms with Gasteiger partial charge < -0.3 is 14.2 Å². The van der Waals surface area contributed by atoms with Crippen molar-refractivity contribution >= 4 is 34.6 Å². The van der Waals surface area contributed by atoms with Crippen molar-refractivity contribution in [3.8, 4) is 17.2 Å². The van der Waals surface area contributed by atoms with E-state index >= 15 is 0 Å². The summed E-state index contributed by atoms with van der Waals surface area (Å²) in [6, 6.07) is 13.2. The van der Waals surface area contributed by atoms with Gasteiger partial charge in [0.25, 0.3) is 5.91 Å². The summed E-state index contributed by atoms with van der Waals surface area (Å²) < 4.78 is 16.1. The highest BCUT2D eigenvalue weighted by atomic mass is 32.2. The Hall–Kier alpha value is -2.93. The van der Waals surface area contributed by atoms with E-state index in [4.69, 9.17) is 14.2 Å². The maximum absolute atomic E-state index is 12.8. The smallest absolute Gasteiger partial charge is 0.266 e. The maximum Gasteiger partial charge on any atom is 0.266 e. The van der Waals surface area contributed by atoms with E-state index in [0.717, 1.165) is 11.3 Å². The van der Waals surface area contributed by atoms with Crippen LogP contribution < -0.4 is 14.2 Å². The Bertz CT molecular complexity index is 900. The molecule has 0 N–H and O–H groups in total. The maximum atomic E-state index is 12.8. The lowest BCUT2D eigenvalue weighted by molar-refractivity contribution is -0.122. The third-order valence-electron chi connectivity index (χ3n) is 4.17. The number of hydrogen-bond donors (Lipinski definition) is 0. The predicted octanol–water partition coefficient (Wildman–Crippen LogP) is 4.34. The number of ether oxygens (including phenoxy) is 3. The Morgan fingerprint density at radius 2 is 1.68 bits per heavy atom. The van der Waals surface area contributed by atoms with Crippen molar-refractivity contribution in [1.29, 1.82) is 0 Å². The second kappa shape index (κ2) is 8.84. The molecule has 28 heavy (non-hydrogen) atoms. The molecule has 1 saturated heterocycles. The highest BCUT2D eigenvalue weighted by molar-refractivity contribution is 8.18. The van der Waals surface area contributed by atoms with Crippen molar-refractivity contribution in [2.24, 2.45) is 4.99 Å². The molecule has 1 aliphatic heterocycles. The molecule has 2 aromatic carbocycles. The van der Waals surface area contributed by atoms with Crippen molar-refractivity contribution in [2.45, 2.75) is 6.92 Å². The standard InChI is InChI=1S/C21H22N2O4S/c1-5-23-20(24)18(28-21(23)22-15-9-7-6-8-10-15)13-14-11-16(25-2)19(27-4)17(12-14)26-3/h6-13H,5H2,1-4H3/b18-13+,22-21?. The number of thioether (sulfide) groups is 1. The van der Waals surface area contributed by atoms with Crippen LogP contribution in [-0.2, 0) is 4.79 Å². The quantitative estimate of drug-likeness (QED) is 0.678. The average molecular weight is 398 g/mol. The summed E-state index contributed by atoms with van der Waals surface area (Å²) in [5.41, 5.74) is 1.59. The van der Waals surface area contributed by atoms with E-state index in [0.29, 0.717) is 33.9 Å². The zero-order valence-electron chi connectivity index (χ0n) is 16.3. The van der Waals surface area contributed by atoms with Crippen LogP contribution in [0.25, 0.3) is 6.08 Å². The number of amidine groups is 1. The van der Waals surface area contributed by atoms with Crippen LogP contribution in [0.2, 0.25) is 0 Å². The van der Waals surface area contributed by atoms with Gasteiger partial charge in [-0.3, -0.25) is 9.69 Å². The third-order valence-corrected chi connectivity index (χ3v) is 5.18. The van der Waals surface area contributed by atoms with E-state index in [9.17, 15) is 4.79 Å². The molecule has 2 aromatic rings. The number of carbonyl (C=O) groups excluding carboxylic acids is 1. The van der Waals surface area contributed by atoms with Gasteiger partial charge in [0.05, 0.1) is 31.9 Å². The van der Waals surface area contributed by atoms with Crippen molar-refractivity contribution in [1.82, 2.24) is 4.90 Å². The van der Waals surface area contributed by atoms with Crippen molar-refractivity contribution in [3.63, 3.8) is 0 Å². The number of hydrogen-bond acceptors (Lipinski definition) is 6. The van der Waals surface area contributed by atoms with E-state index in [1.54, 1.807) is 26.2 Å². The molecule has 0 aliphatic carbocycles. The molecule has 0 atom stereocenters. The van der Waals surface area contributed by atoms with Gasteiger partial charge in [0.2, 0.25) is 5.75 Å². The molecule has 0 radical (unpaired) electrons. The first-order valence-electron chi connectivity index (χ1n) is 8.76. The summed E-state index contributed by atoms with van der Waals surface area (Å²) in [5, 5.41) is 0.664. The topological polar surface area (TPSA) is 60.4 Å². The van der Waals surface area contributed by atoms with E-state index in [-0.39, 0.29) is 5.91 Å². The molecular formula is C21H22N2O4S. The van der Waals surface area contributed by atoms with Crippen LogP contribution >= 0.6 is 11.8 Å². The number of aliphatic imine (C=N–C) groups is 1. The van der Waals surface area contributed by atoms with Gasteiger partial charge in [0.1, 0.15) is 0 Å². The zero-order chi connectivity index (χ0) is 20.1. The SMILES string of the molecule is CCN1C(=O)/C(=C\c2cc(OC)c(OC)c(OC)c2)SC1=Nc1ccccc1. The van der Waals surface area contributed by atoms with E-state index in [2.05, 4.69) is 4.99 Å². The van der Waals surface area contributed by atoms with Gasteiger partial charge >= 0.3 is 0 Å². The van der Waals surface area contributed by atoms with Crippen LogP contribution in [0, 0.1) is 0 Å². The average Bonchev–Trinajstić information content (AvgIpc) is 3.01. The molecule has 1 aliphatic rings. The number of rotatable bonds is 6. The Morgan fingerprint density at radius 1 is 1.04 bits per heavy atom. The van der Waals surface area contributed by atoms with Gasteiger partial charge in [-0.1, -0.05) is 18.2 Å². The molecule has 1 amide bonds. The minimum Gasteiger partial charge on any atom is -0.493 e. The molecule has 3 rings (SSSR count). The molecule has 1 fully saturated rings. The summed E-state index contributed by atoms with van der Waals surface area (Å²) in [5.74, 6) is 1.51. The lowest BCUT2D eigenvalue weighted by Gasteiger charge is -2.13. The van der Waals surface area contributed by atoms with Gasteiger partial charge in [0, 0.05) is 6.54 Å². The molecule has 0 aromatic heterocycles. The lowest BCUT2D eigenvalue weighted by Crippen LogP contribution is -2.28. The second-order valence-corrected chi connectivity index (χ2v) is 6.86. The first-order chi connectivity index (χ1) is 13.6. The number of carbonyl (C=O) groups is 1. The van der Waals surface area contributed by atoms with Crippen LogP contribution in [0.4, 0.5) is 5.69 Å². The molecule has 146 valence electrons. The lowest BCUT2D eigenvalue weighted by atomic mass is 10.1. The third kappa shape index (κ3) is 3.99. The number of para-hydroxylation sites is 1. The molecule has 0 spiro atoms. The Labute approximate surface area is 168 Å². The van der Waals surface area contributed by atoms with Crippen LogP contribution in [0.5, 0.6) is 17.2 Å². The number of amides is 1. The zero-order valence-corrected chi connectivity index (χ0v) is 17.1. The summed E-state index contributed by atoms with van der Waals surface area (Å²) in [6.45, 7) is 2.48. The van der Waals surface area contributed by atoms with Gasteiger partial charge in [-0.15, -0.1) is 0 Å². The Kier molecular flexibility index (Phi) is 6.26. The summed E-state index contributed by atoms with van der Waals surface area (Å²) in [4.78, 5) is 19.7. The second-order valence-electron chi connectivity index (χ2n) is 5.85. The van der Waals surface area contributed by atoms with Crippen LogP contribution in [0.15, 0.2) is 52.4 Å².